The van der Waals surface area contributed by atoms with E-state index >= 15 is 0 Å². The predicted molar refractivity (Wildman–Crippen MR) is 88.1 cm³/mol. The highest BCUT2D eigenvalue weighted by Gasteiger charge is 2.26. The normalized spacial score (nSPS) is 13.4. The van der Waals surface area contributed by atoms with Gasteiger partial charge in [0.05, 0.1) is 18.5 Å². The van der Waals surface area contributed by atoms with E-state index < -0.39 is 5.60 Å². The first-order chi connectivity index (χ1) is 10.5. The van der Waals surface area contributed by atoms with Crippen LogP contribution in [0.25, 0.3) is 0 Å². The third kappa shape index (κ3) is 4.29. The molecule has 1 atom stereocenters. The van der Waals surface area contributed by atoms with Crippen LogP contribution in [-0.4, -0.2) is 23.4 Å². The summed E-state index contributed by atoms with van der Waals surface area (Å²) < 4.78 is 5.17. The minimum absolute atomic E-state index is 0.0510. The van der Waals surface area contributed by atoms with Gasteiger partial charge in [0.15, 0.2) is 0 Å². The van der Waals surface area contributed by atoms with Gasteiger partial charge in [-0.3, -0.25) is 0 Å². The average Bonchev–Trinajstić information content (AvgIpc) is 3.03. The van der Waals surface area contributed by atoms with E-state index in [4.69, 9.17) is 4.42 Å². The number of hydrogen-bond acceptors (Lipinski definition) is 4. The summed E-state index contributed by atoms with van der Waals surface area (Å²) in [5.74, 6) is 1.34. The molecule has 5 nitrogen and oxygen atoms in total. The van der Waals surface area contributed by atoms with Crippen molar-refractivity contribution in [3.8, 4) is 0 Å². The number of hydrogen-bond donors (Lipinski definition) is 3. The SMILES string of the molecule is CCSc1ccccc1NC(=O)NC[C@@](C)(O)c1ccco1. The third-order valence-corrected chi connectivity index (χ3v) is 4.04. The summed E-state index contributed by atoms with van der Waals surface area (Å²) in [5.41, 5.74) is -0.497. The predicted octanol–water partition coefficient (Wildman–Crippen LogP) is 3.42. The Morgan fingerprint density at radius 1 is 1.32 bits per heavy atom. The molecule has 0 saturated heterocycles. The van der Waals surface area contributed by atoms with Gasteiger partial charge in [-0.05, 0) is 36.9 Å². The molecule has 2 aromatic rings. The van der Waals surface area contributed by atoms with E-state index in [1.165, 1.54) is 6.26 Å². The molecule has 0 spiro atoms. The lowest BCUT2D eigenvalue weighted by Gasteiger charge is -2.21. The molecule has 1 aromatic heterocycles. The summed E-state index contributed by atoms with van der Waals surface area (Å²) in [6.45, 7) is 3.70. The van der Waals surface area contributed by atoms with Crippen LogP contribution in [0.3, 0.4) is 0 Å². The Morgan fingerprint density at radius 3 is 2.77 bits per heavy atom. The van der Waals surface area contributed by atoms with Crippen molar-refractivity contribution in [1.29, 1.82) is 0 Å². The first-order valence-corrected chi connectivity index (χ1v) is 8.04. The Hall–Kier alpha value is -1.92. The minimum Gasteiger partial charge on any atom is -0.466 e. The van der Waals surface area contributed by atoms with Crippen LogP contribution in [0.15, 0.2) is 52.0 Å². The zero-order chi connectivity index (χ0) is 16.0. The van der Waals surface area contributed by atoms with Crippen molar-refractivity contribution in [3.63, 3.8) is 0 Å². The van der Waals surface area contributed by atoms with Gasteiger partial charge < -0.3 is 20.2 Å². The number of furan rings is 1. The molecule has 0 fully saturated rings. The molecule has 2 amide bonds. The van der Waals surface area contributed by atoms with Gasteiger partial charge in [0.1, 0.15) is 11.4 Å². The molecule has 0 radical (unpaired) electrons. The van der Waals surface area contributed by atoms with Crippen LogP contribution in [0.5, 0.6) is 0 Å². The number of para-hydroxylation sites is 1. The second kappa shape index (κ2) is 7.38. The van der Waals surface area contributed by atoms with E-state index in [1.807, 2.05) is 24.3 Å². The van der Waals surface area contributed by atoms with Crippen LogP contribution in [0.2, 0.25) is 0 Å². The number of carbonyl (C=O) groups is 1. The topological polar surface area (TPSA) is 74.5 Å². The van der Waals surface area contributed by atoms with Crippen LogP contribution in [0, 0.1) is 0 Å². The van der Waals surface area contributed by atoms with Gasteiger partial charge >= 0.3 is 6.03 Å². The lowest BCUT2D eigenvalue weighted by atomic mass is 10.0. The first-order valence-electron chi connectivity index (χ1n) is 7.06. The van der Waals surface area contributed by atoms with Gasteiger partial charge in [0.2, 0.25) is 0 Å². The molecule has 0 aliphatic carbocycles. The molecular formula is C16H20N2O3S. The summed E-state index contributed by atoms with van der Waals surface area (Å²) in [4.78, 5) is 13.0. The average molecular weight is 320 g/mol. The molecule has 0 bridgehead atoms. The fourth-order valence-corrected chi connectivity index (χ4v) is 2.70. The zero-order valence-corrected chi connectivity index (χ0v) is 13.4. The van der Waals surface area contributed by atoms with Gasteiger partial charge in [-0.15, -0.1) is 11.8 Å². The summed E-state index contributed by atoms with van der Waals surface area (Å²) >= 11 is 1.66. The molecule has 1 aromatic carbocycles. The molecule has 0 aliphatic rings. The monoisotopic (exact) mass is 320 g/mol. The van der Waals surface area contributed by atoms with Crippen molar-refractivity contribution in [2.75, 3.05) is 17.6 Å². The molecule has 3 N–H and O–H groups in total. The van der Waals surface area contributed by atoms with E-state index in [9.17, 15) is 9.90 Å². The first kappa shape index (κ1) is 16.5. The van der Waals surface area contributed by atoms with Crippen molar-refractivity contribution in [1.82, 2.24) is 5.32 Å². The summed E-state index contributed by atoms with van der Waals surface area (Å²) in [6.07, 6.45) is 1.49. The number of carbonyl (C=O) groups excluding carboxylic acids is 1. The summed E-state index contributed by atoms with van der Waals surface area (Å²) in [5, 5.41) is 15.7. The molecule has 22 heavy (non-hydrogen) atoms. The van der Waals surface area contributed by atoms with Crippen LogP contribution in [-0.2, 0) is 5.60 Å². The Bertz CT molecular complexity index is 612. The highest BCUT2D eigenvalue weighted by atomic mass is 32.2. The number of anilines is 1. The van der Waals surface area contributed by atoms with Crippen LogP contribution in [0.4, 0.5) is 10.5 Å². The molecule has 0 saturated carbocycles. The number of urea groups is 1. The summed E-state index contributed by atoms with van der Waals surface area (Å²) in [7, 11) is 0. The summed E-state index contributed by atoms with van der Waals surface area (Å²) in [6, 6.07) is 10.6. The third-order valence-electron chi connectivity index (χ3n) is 3.08. The van der Waals surface area contributed by atoms with Gasteiger partial charge in [-0.2, -0.15) is 0 Å². The van der Waals surface area contributed by atoms with Crippen molar-refractivity contribution >= 4 is 23.5 Å². The Balaban J connectivity index is 1.94. The maximum absolute atomic E-state index is 12.0. The van der Waals surface area contributed by atoms with E-state index in [0.717, 1.165) is 16.3 Å². The molecule has 6 heteroatoms. The fourth-order valence-electron chi connectivity index (χ4n) is 1.94. The van der Waals surface area contributed by atoms with Crippen molar-refractivity contribution < 1.29 is 14.3 Å². The Kier molecular flexibility index (Phi) is 5.51. The smallest absolute Gasteiger partial charge is 0.319 e. The maximum atomic E-state index is 12.0. The standard InChI is InChI=1S/C16H20N2O3S/c1-3-22-13-8-5-4-7-12(13)18-15(19)17-11-16(2,20)14-9-6-10-21-14/h4-10,20H,3,11H2,1-2H3,(H2,17,18,19)/t16-/m1/s1. The van der Waals surface area contributed by atoms with Gasteiger partial charge in [0, 0.05) is 4.90 Å². The second-order valence-electron chi connectivity index (χ2n) is 4.99. The second-order valence-corrected chi connectivity index (χ2v) is 6.29. The van der Waals surface area contributed by atoms with Gasteiger partial charge in [-0.1, -0.05) is 19.1 Å². The lowest BCUT2D eigenvalue weighted by molar-refractivity contribution is 0.0372. The number of thioether (sulfide) groups is 1. The molecule has 0 unspecified atom stereocenters. The largest absolute Gasteiger partial charge is 0.466 e. The molecule has 0 aliphatic heterocycles. The fraction of sp³-hybridized carbons (Fsp3) is 0.312. The Labute approximate surface area is 134 Å². The number of rotatable bonds is 6. The Morgan fingerprint density at radius 2 is 2.09 bits per heavy atom. The van der Waals surface area contributed by atoms with Gasteiger partial charge in [-0.25, -0.2) is 4.79 Å². The highest BCUT2D eigenvalue weighted by Crippen LogP contribution is 2.26. The number of amides is 2. The molecule has 1 heterocycles. The number of nitrogens with one attached hydrogen (secondary N) is 2. The van der Waals surface area contributed by atoms with Gasteiger partial charge in [0.25, 0.3) is 0 Å². The van der Waals surface area contributed by atoms with E-state index in [-0.39, 0.29) is 12.6 Å². The van der Waals surface area contributed by atoms with E-state index in [0.29, 0.717) is 5.76 Å². The van der Waals surface area contributed by atoms with Crippen molar-refractivity contribution in [2.45, 2.75) is 24.3 Å². The van der Waals surface area contributed by atoms with Crippen LogP contribution in [0.1, 0.15) is 19.6 Å². The highest BCUT2D eigenvalue weighted by molar-refractivity contribution is 7.99. The van der Waals surface area contributed by atoms with Crippen LogP contribution < -0.4 is 10.6 Å². The van der Waals surface area contributed by atoms with Crippen molar-refractivity contribution in [2.24, 2.45) is 0 Å². The van der Waals surface area contributed by atoms with Crippen LogP contribution >= 0.6 is 11.8 Å². The number of aliphatic hydroxyl groups is 1. The lowest BCUT2D eigenvalue weighted by Crippen LogP contribution is -2.40. The molecule has 2 rings (SSSR count). The maximum Gasteiger partial charge on any atom is 0.319 e. The van der Waals surface area contributed by atoms with E-state index in [2.05, 4.69) is 17.6 Å². The molecule has 118 valence electrons. The minimum atomic E-state index is -1.25. The van der Waals surface area contributed by atoms with E-state index in [1.54, 1.807) is 30.8 Å². The molecular weight excluding hydrogens is 300 g/mol. The zero-order valence-electron chi connectivity index (χ0n) is 12.6. The number of benzene rings is 1. The van der Waals surface area contributed by atoms with Crippen molar-refractivity contribution in [3.05, 3.63) is 48.4 Å². The quantitative estimate of drug-likeness (QED) is 0.713.